The first-order valence-electron chi connectivity index (χ1n) is 7.39. The Labute approximate surface area is 136 Å². The number of aromatic nitrogens is 1. The number of carbonyl (C=O) groups is 2. The minimum absolute atomic E-state index is 0.106. The lowest BCUT2D eigenvalue weighted by atomic mass is 10.0. The molecule has 1 aliphatic heterocycles. The zero-order valence-electron chi connectivity index (χ0n) is 13.0. The number of rotatable bonds is 4. The number of likely N-dealkylation sites (tertiary alicyclic amines) is 1. The van der Waals surface area contributed by atoms with Gasteiger partial charge in [0, 0.05) is 38.7 Å². The third-order valence-corrected chi connectivity index (χ3v) is 3.96. The molecule has 2 heterocycles. The maximum atomic E-state index is 12.4. The number of β-amino-alcohol motifs (C(OH)–C–C–N with tert-alkyl or cyclic N) is 1. The molecule has 2 atom stereocenters. The smallest absolute Gasteiger partial charge is 0.391 e. The van der Waals surface area contributed by atoms with Crippen LogP contribution >= 0.6 is 0 Å². The number of aliphatic hydroxyl groups is 1. The first-order valence-corrected chi connectivity index (χ1v) is 7.39. The highest BCUT2D eigenvalue weighted by Crippen LogP contribution is 2.27. The van der Waals surface area contributed by atoms with Gasteiger partial charge < -0.3 is 15.3 Å². The number of hydrogen-bond acceptors (Lipinski definition) is 4. The SMILES string of the molecule is CNC(=O)C[C@@H]1CN(C(=O)Cc2ccc(C(F)(F)F)nc2)C[C@H]1O. The van der Waals surface area contributed by atoms with Crippen molar-refractivity contribution in [3.05, 3.63) is 29.6 Å². The quantitative estimate of drug-likeness (QED) is 0.837. The fourth-order valence-corrected chi connectivity index (χ4v) is 2.58. The van der Waals surface area contributed by atoms with Crippen molar-refractivity contribution in [1.29, 1.82) is 0 Å². The Hall–Kier alpha value is -2.16. The summed E-state index contributed by atoms with van der Waals surface area (Å²) in [5.74, 6) is -0.894. The van der Waals surface area contributed by atoms with Gasteiger partial charge >= 0.3 is 6.18 Å². The molecule has 0 saturated carbocycles. The molecule has 6 nitrogen and oxygen atoms in total. The Balaban J connectivity index is 1.94. The lowest BCUT2D eigenvalue weighted by Crippen LogP contribution is -2.31. The number of alkyl halides is 3. The largest absolute Gasteiger partial charge is 0.433 e. The number of carbonyl (C=O) groups excluding carboxylic acids is 2. The van der Waals surface area contributed by atoms with E-state index >= 15 is 0 Å². The van der Waals surface area contributed by atoms with Crippen LogP contribution in [-0.4, -0.2) is 53.0 Å². The second kappa shape index (κ2) is 7.16. The molecule has 0 aromatic carbocycles. The molecule has 1 aromatic rings. The van der Waals surface area contributed by atoms with Crippen LogP contribution in [0.1, 0.15) is 17.7 Å². The molecule has 9 heteroatoms. The van der Waals surface area contributed by atoms with Crippen molar-refractivity contribution in [3.63, 3.8) is 0 Å². The first-order chi connectivity index (χ1) is 11.2. The average Bonchev–Trinajstić information content (AvgIpc) is 2.88. The van der Waals surface area contributed by atoms with Crippen LogP contribution in [0.4, 0.5) is 13.2 Å². The number of halogens is 3. The predicted molar refractivity (Wildman–Crippen MR) is 77.7 cm³/mol. The number of hydrogen-bond donors (Lipinski definition) is 2. The summed E-state index contributed by atoms with van der Waals surface area (Å²) < 4.78 is 37.3. The standard InChI is InChI=1S/C15H18F3N3O3/c1-19-13(23)5-10-7-21(8-11(10)22)14(24)4-9-2-3-12(20-6-9)15(16,17)18/h2-3,6,10-11,22H,4-5,7-8H2,1H3,(H,19,23)/t10-,11-/m1/s1. The second-order valence-corrected chi connectivity index (χ2v) is 5.73. The van der Waals surface area contributed by atoms with Gasteiger partial charge in [0.2, 0.25) is 11.8 Å². The fourth-order valence-electron chi connectivity index (χ4n) is 2.58. The minimum Gasteiger partial charge on any atom is -0.391 e. The molecule has 1 fully saturated rings. The summed E-state index contributed by atoms with van der Waals surface area (Å²) >= 11 is 0. The van der Waals surface area contributed by atoms with Crippen molar-refractivity contribution >= 4 is 11.8 Å². The molecule has 0 aliphatic carbocycles. The fraction of sp³-hybridized carbons (Fsp3) is 0.533. The predicted octanol–water partition coefficient (Wildman–Crippen LogP) is 0.598. The van der Waals surface area contributed by atoms with Crippen molar-refractivity contribution < 1.29 is 27.9 Å². The third-order valence-electron chi connectivity index (χ3n) is 3.96. The lowest BCUT2D eigenvalue weighted by molar-refractivity contribution is -0.141. The van der Waals surface area contributed by atoms with Gasteiger partial charge in [-0.25, -0.2) is 0 Å². The number of pyridine rings is 1. The van der Waals surface area contributed by atoms with Gasteiger partial charge in [-0.15, -0.1) is 0 Å². The van der Waals surface area contributed by atoms with E-state index in [4.69, 9.17) is 0 Å². The van der Waals surface area contributed by atoms with Crippen LogP contribution in [0.25, 0.3) is 0 Å². The van der Waals surface area contributed by atoms with Crippen LogP contribution in [0.3, 0.4) is 0 Å². The zero-order chi connectivity index (χ0) is 17.9. The van der Waals surface area contributed by atoms with E-state index in [0.717, 1.165) is 12.3 Å². The number of aliphatic hydroxyl groups excluding tert-OH is 1. The van der Waals surface area contributed by atoms with Gasteiger partial charge in [-0.1, -0.05) is 6.07 Å². The second-order valence-electron chi connectivity index (χ2n) is 5.73. The molecular formula is C15H18F3N3O3. The molecule has 24 heavy (non-hydrogen) atoms. The molecule has 0 bridgehead atoms. The maximum Gasteiger partial charge on any atom is 0.433 e. The summed E-state index contributed by atoms with van der Waals surface area (Å²) in [6.07, 6.45) is -4.28. The Kier molecular flexibility index (Phi) is 5.43. The minimum atomic E-state index is -4.52. The molecule has 0 unspecified atom stereocenters. The van der Waals surface area contributed by atoms with Gasteiger partial charge in [-0.05, 0) is 11.6 Å². The Bertz CT molecular complexity index is 604. The number of nitrogens with zero attached hydrogens (tertiary/aromatic N) is 2. The first kappa shape index (κ1) is 18.2. The molecule has 2 amide bonds. The number of nitrogens with one attached hydrogen (secondary N) is 1. The van der Waals surface area contributed by atoms with Crippen molar-refractivity contribution in [2.75, 3.05) is 20.1 Å². The molecule has 2 N–H and O–H groups in total. The van der Waals surface area contributed by atoms with E-state index in [1.54, 1.807) is 0 Å². The van der Waals surface area contributed by atoms with Crippen LogP contribution in [0.2, 0.25) is 0 Å². The van der Waals surface area contributed by atoms with Crippen LogP contribution in [0.5, 0.6) is 0 Å². The number of amides is 2. The lowest BCUT2D eigenvalue weighted by Gasteiger charge is -2.16. The van der Waals surface area contributed by atoms with Crippen LogP contribution in [0.15, 0.2) is 18.3 Å². The Morgan fingerprint density at radius 3 is 2.62 bits per heavy atom. The Morgan fingerprint density at radius 1 is 1.38 bits per heavy atom. The van der Waals surface area contributed by atoms with Gasteiger partial charge in [-0.2, -0.15) is 13.2 Å². The molecule has 0 radical (unpaired) electrons. The van der Waals surface area contributed by atoms with Crippen molar-refractivity contribution in [2.24, 2.45) is 5.92 Å². The molecular weight excluding hydrogens is 327 g/mol. The van der Waals surface area contributed by atoms with E-state index in [1.807, 2.05) is 0 Å². The molecule has 1 aliphatic rings. The van der Waals surface area contributed by atoms with Gasteiger partial charge in [0.15, 0.2) is 0 Å². The van der Waals surface area contributed by atoms with E-state index in [-0.39, 0.29) is 43.7 Å². The van der Waals surface area contributed by atoms with E-state index < -0.39 is 18.0 Å². The monoisotopic (exact) mass is 345 g/mol. The Morgan fingerprint density at radius 2 is 2.08 bits per heavy atom. The summed E-state index contributed by atoms with van der Waals surface area (Å²) in [4.78, 5) is 28.3. The van der Waals surface area contributed by atoms with Gasteiger partial charge in [0.05, 0.1) is 12.5 Å². The molecule has 0 spiro atoms. The topological polar surface area (TPSA) is 82.5 Å². The van der Waals surface area contributed by atoms with Gasteiger partial charge in [-0.3, -0.25) is 14.6 Å². The van der Waals surface area contributed by atoms with Crippen molar-refractivity contribution in [3.8, 4) is 0 Å². The van der Waals surface area contributed by atoms with Crippen LogP contribution in [-0.2, 0) is 22.2 Å². The summed E-state index contributed by atoms with van der Waals surface area (Å²) in [6.45, 7) is 0.343. The normalized spacial score (nSPS) is 21.0. The van der Waals surface area contributed by atoms with Crippen LogP contribution < -0.4 is 5.32 Å². The molecule has 2 rings (SSSR count). The summed E-state index contributed by atoms with van der Waals surface area (Å²) in [5, 5.41) is 12.4. The van der Waals surface area contributed by atoms with E-state index in [0.29, 0.717) is 5.56 Å². The molecule has 132 valence electrons. The van der Waals surface area contributed by atoms with Gasteiger partial charge in [0.1, 0.15) is 5.69 Å². The van der Waals surface area contributed by atoms with E-state index in [9.17, 15) is 27.9 Å². The summed E-state index contributed by atoms with van der Waals surface area (Å²) in [6, 6.07) is 2.04. The average molecular weight is 345 g/mol. The van der Waals surface area contributed by atoms with Gasteiger partial charge in [0.25, 0.3) is 0 Å². The molecule has 1 saturated heterocycles. The highest BCUT2D eigenvalue weighted by Gasteiger charge is 2.35. The third kappa shape index (κ3) is 4.44. The highest BCUT2D eigenvalue weighted by atomic mass is 19.4. The van der Waals surface area contributed by atoms with Crippen molar-refractivity contribution in [2.45, 2.75) is 25.1 Å². The van der Waals surface area contributed by atoms with Crippen LogP contribution in [0, 0.1) is 5.92 Å². The summed E-state index contributed by atoms with van der Waals surface area (Å²) in [7, 11) is 1.49. The van der Waals surface area contributed by atoms with E-state index in [1.165, 1.54) is 18.0 Å². The highest BCUT2D eigenvalue weighted by molar-refractivity contribution is 5.79. The zero-order valence-corrected chi connectivity index (χ0v) is 13.0. The van der Waals surface area contributed by atoms with E-state index in [2.05, 4.69) is 10.3 Å². The maximum absolute atomic E-state index is 12.4. The van der Waals surface area contributed by atoms with Crippen molar-refractivity contribution in [1.82, 2.24) is 15.2 Å². The summed E-state index contributed by atoms with van der Waals surface area (Å²) in [5.41, 5.74) is -0.654. The molecule has 1 aromatic heterocycles.